The highest BCUT2D eigenvalue weighted by Crippen LogP contribution is 2.56. The Morgan fingerprint density at radius 3 is 1.33 bits per heavy atom. The van der Waals surface area contributed by atoms with E-state index in [1.807, 2.05) is 18.2 Å². The number of rotatable bonds is 8. The molecule has 0 atom stereocenters. The van der Waals surface area contributed by atoms with Crippen molar-refractivity contribution in [2.45, 2.75) is 59.1 Å². The standard InChI is InChI=1S/C70H50N4O2S2/c1-39(2)41-19-13-20-42(40(3)4)68(41)74-69(75)52-35-33-47-45-21-14-24-51-58(38-37-46(63(45)51)48-34-36-53(70(74)76)65(52)64(47)48)73(56-27-9-5-17-43(56)49-22-15-31-61-66(49)71-54-25-7-11-29-59(54)77-61)57-28-10-6-18-44(57)50-23-16-32-62-67(50)72-55-26-8-12-30-60(55)78-62/h5-40,71-72H,1-4H3. The second-order valence-electron chi connectivity index (χ2n) is 21.1. The molecule has 2 N–H and O–H groups in total. The summed E-state index contributed by atoms with van der Waals surface area (Å²) >= 11 is 3.59. The monoisotopic (exact) mass is 1040 g/mol. The van der Waals surface area contributed by atoms with Gasteiger partial charge in [0.1, 0.15) is 0 Å². The molecule has 0 spiro atoms. The number of imide groups is 1. The summed E-state index contributed by atoms with van der Waals surface area (Å²) in [7, 11) is 0. The maximum atomic E-state index is 15.1. The van der Waals surface area contributed by atoms with Crippen LogP contribution in [0.3, 0.4) is 0 Å². The van der Waals surface area contributed by atoms with E-state index in [1.54, 1.807) is 23.5 Å². The van der Waals surface area contributed by atoms with Gasteiger partial charge in [0.05, 0.1) is 45.5 Å². The van der Waals surface area contributed by atoms with Crippen molar-refractivity contribution in [1.82, 2.24) is 0 Å². The van der Waals surface area contributed by atoms with Crippen LogP contribution in [-0.2, 0) is 0 Å². The highest BCUT2D eigenvalue weighted by atomic mass is 32.2. The van der Waals surface area contributed by atoms with Crippen LogP contribution in [0.5, 0.6) is 0 Å². The maximum Gasteiger partial charge on any atom is 0.266 e. The summed E-state index contributed by atoms with van der Waals surface area (Å²) in [5.41, 5.74) is 15.6. The Labute approximate surface area is 461 Å². The van der Waals surface area contributed by atoms with Crippen LogP contribution >= 0.6 is 23.5 Å². The Balaban J connectivity index is 0.963. The van der Waals surface area contributed by atoms with E-state index in [0.29, 0.717) is 16.8 Å². The van der Waals surface area contributed by atoms with Gasteiger partial charge in [0, 0.05) is 63.7 Å². The van der Waals surface area contributed by atoms with Gasteiger partial charge in [-0.3, -0.25) is 9.59 Å². The number of hydrogen-bond acceptors (Lipinski definition) is 7. The third-order valence-electron chi connectivity index (χ3n) is 16.1. The Morgan fingerprint density at radius 2 is 0.782 bits per heavy atom. The van der Waals surface area contributed by atoms with E-state index in [1.165, 1.54) is 24.5 Å². The minimum Gasteiger partial charge on any atom is -0.353 e. The van der Waals surface area contributed by atoms with Gasteiger partial charge in [-0.15, -0.1) is 0 Å². The first-order valence-corrected chi connectivity index (χ1v) is 28.4. The van der Waals surface area contributed by atoms with Crippen LogP contribution in [0.15, 0.2) is 226 Å². The number of hydrogen-bond donors (Lipinski definition) is 2. The highest BCUT2D eigenvalue weighted by molar-refractivity contribution is 8.00. The lowest BCUT2D eigenvalue weighted by atomic mass is 9.83. The molecule has 0 fully saturated rings. The molecule has 8 heteroatoms. The average molecular weight is 1040 g/mol. The second kappa shape index (κ2) is 17.9. The van der Waals surface area contributed by atoms with Crippen LogP contribution < -0.4 is 20.4 Å². The Morgan fingerprint density at radius 1 is 0.359 bits per heavy atom. The SMILES string of the molecule is CC(C)c1cccc(C(C)C)c1N1C(=O)c2ccc3c4cccc5c(N(c6ccccc6-c6cccc7c6Nc6ccccc6S7)c6ccccc6-c6cccc7c6Nc6ccccc6S7)ccc(c6ccc(c2c36)C1=O)c54. The molecule has 0 bridgehead atoms. The topological polar surface area (TPSA) is 64.7 Å². The molecule has 3 heterocycles. The molecule has 6 nitrogen and oxygen atoms in total. The summed E-state index contributed by atoms with van der Waals surface area (Å²) < 4.78 is 0. The van der Waals surface area contributed by atoms with Crippen molar-refractivity contribution in [2.75, 3.05) is 20.4 Å². The number of carbonyl (C=O) groups excluding carboxylic acids is 2. The van der Waals surface area contributed by atoms with Gasteiger partial charge in [-0.1, -0.05) is 191 Å². The quantitative estimate of drug-likeness (QED) is 0.0893. The number of carbonyl (C=O) groups is 2. The number of amides is 2. The molecule has 12 aromatic rings. The van der Waals surface area contributed by atoms with Gasteiger partial charge in [0.2, 0.25) is 0 Å². The summed E-state index contributed by atoms with van der Waals surface area (Å²) in [6, 6.07) is 73.4. The van der Waals surface area contributed by atoms with Crippen LogP contribution in [0, 0.1) is 0 Å². The molecule has 0 saturated heterocycles. The summed E-state index contributed by atoms with van der Waals surface area (Å²) in [4.78, 5) is 39.0. The van der Waals surface area contributed by atoms with Crippen molar-refractivity contribution in [2.24, 2.45) is 0 Å². The molecule has 2 amide bonds. The fourth-order valence-corrected chi connectivity index (χ4v) is 14.6. The first-order valence-electron chi connectivity index (χ1n) is 26.7. The molecule has 374 valence electrons. The predicted molar refractivity (Wildman–Crippen MR) is 327 cm³/mol. The molecule has 3 aliphatic heterocycles. The predicted octanol–water partition coefficient (Wildman–Crippen LogP) is 20.0. The van der Waals surface area contributed by atoms with Crippen molar-refractivity contribution >= 4 is 124 Å². The van der Waals surface area contributed by atoms with Gasteiger partial charge >= 0.3 is 0 Å². The molecular formula is C70H50N4O2S2. The zero-order valence-corrected chi connectivity index (χ0v) is 44.9. The van der Waals surface area contributed by atoms with Crippen molar-refractivity contribution in [1.29, 1.82) is 0 Å². The van der Waals surface area contributed by atoms with Crippen LogP contribution in [0.2, 0.25) is 0 Å². The van der Waals surface area contributed by atoms with Crippen molar-refractivity contribution < 1.29 is 9.59 Å². The van der Waals surface area contributed by atoms with Crippen LogP contribution in [-0.4, -0.2) is 11.8 Å². The van der Waals surface area contributed by atoms with E-state index in [2.05, 4.69) is 231 Å². The maximum absolute atomic E-state index is 15.1. The normalized spacial score (nSPS) is 13.5. The number of para-hydroxylation sites is 7. The van der Waals surface area contributed by atoms with Crippen molar-refractivity contribution in [3.05, 3.63) is 229 Å². The first-order chi connectivity index (χ1) is 38.2. The van der Waals surface area contributed by atoms with Gasteiger partial charge in [0.25, 0.3) is 11.8 Å². The first kappa shape index (κ1) is 46.5. The van der Waals surface area contributed by atoms with E-state index in [0.717, 1.165) is 116 Å². The van der Waals surface area contributed by atoms with Gasteiger partial charge in [-0.25, -0.2) is 4.90 Å². The zero-order chi connectivity index (χ0) is 52.5. The molecule has 0 aromatic heterocycles. The van der Waals surface area contributed by atoms with Crippen LogP contribution in [0.4, 0.5) is 45.5 Å². The van der Waals surface area contributed by atoms with Crippen molar-refractivity contribution in [3.63, 3.8) is 0 Å². The number of anilines is 8. The van der Waals surface area contributed by atoms with Gasteiger partial charge < -0.3 is 15.5 Å². The molecular weight excluding hydrogens is 993 g/mol. The molecule has 15 rings (SSSR count). The van der Waals surface area contributed by atoms with E-state index in [9.17, 15) is 0 Å². The van der Waals surface area contributed by atoms with Crippen LogP contribution in [0.25, 0.3) is 65.3 Å². The zero-order valence-electron chi connectivity index (χ0n) is 43.3. The van der Waals surface area contributed by atoms with Gasteiger partial charge in [-0.2, -0.15) is 0 Å². The Hall–Kier alpha value is -8.82. The number of benzene rings is 12. The van der Waals surface area contributed by atoms with E-state index < -0.39 is 0 Å². The lowest BCUT2D eigenvalue weighted by Gasteiger charge is -2.33. The largest absolute Gasteiger partial charge is 0.353 e. The van der Waals surface area contributed by atoms with Crippen LogP contribution in [0.1, 0.15) is 71.4 Å². The second-order valence-corrected chi connectivity index (χ2v) is 23.3. The molecule has 0 saturated carbocycles. The third-order valence-corrected chi connectivity index (χ3v) is 18.4. The summed E-state index contributed by atoms with van der Waals surface area (Å²) in [5.74, 6) is -0.360. The fourth-order valence-electron chi connectivity index (χ4n) is 12.6. The minimum atomic E-state index is -0.283. The smallest absolute Gasteiger partial charge is 0.266 e. The number of nitrogens with zero attached hydrogens (tertiary/aromatic N) is 2. The fraction of sp³-hybridized carbons (Fsp3) is 0.0857. The van der Waals surface area contributed by atoms with Crippen molar-refractivity contribution in [3.8, 4) is 22.3 Å². The minimum absolute atomic E-state index is 0.103. The molecule has 0 aliphatic carbocycles. The molecule has 0 radical (unpaired) electrons. The van der Waals surface area contributed by atoms with Gasteiger partial charge in [0.15, 0.2) is 0 Å². The molecule has 0 unspecified atom stereocenters. The Kier molecular flexibility index (Phi) is 10.7. The number of nitrogens with one attached hydrogen (secondary N) is 2. The Bertz CT molecular complexity index is 4300. The van der Waals surface area contributed by atoms with Gasteiger partial charge in [-0.05, 0) is 122 Å². The number of fused-ring (bicyclic) bond motifs is 6. The van der Waals surface area contributed by atoms with E-state index in [-0.39, 0.29) is 23.7 Å². The third kappa shape index (κ3) is 6.92. The molecule has 3 aliphatic rings. The summed E-state index contributed by atoms with van der Waals surface area (Å²) in [5, 5.41) is 15.7. The highest BCUT2D eigenvalue weighted by Gasteiger charge is 2.38. The summed E-state index contributed by atoms with van der Waals surface area (Å²) in [6.45, 7) is 8.49. The lowest BCUT2D eigenvalue weighted by molar-refractivity contribution is 0.0893. The lowest BCUT2D eigenvalue weighted by Crippen LogP contribution is -2.41. The average Bonchev–Trinajstić information content (AvgIpc) is 3.66. The molecule has 78 heavy (non-hydrogen) atoms. The van der Waals surface area contributed by atoms with E-state index in [4.69, 9.17) is 0 Å². The van der Waals surface area contributed by atoms with E-state index >= 15 is 9.59 Å². The molecule has 12 aromatic carbocycles. The summed E-state index contributed by atoms with van der Waals surface area (Å²) in [6.07, 6.45) is 0.